The van der Waals surface area contributed by atoms with Crippen molar-refractivity contribution in [2.75, 3.05) is 14.2 Å². The van der Waals surface area contributed by atoms with Crippen molar-refractivity contribution in [2.45, 2.75) is 13.0 Å². The zero-order valence-electron chi connectivity index (χ0n) is 14.4. The van der Waals surface area contributed by atoms with E-state index >= 15 is 0 Å². The van der Waals surface area contributed by atoms with Crippen molar-refractivity contribution in [3.63, 3.8) is 0 Å². The van der Waals surface area contributed by atoms with E-state index in [2.05, 4.69) is 15.2 Å². The maximum Gasteiger partial charge on any atom is 0.272 e. The highest BCUT2D eigenvalue weighted by Gasteiger charge is 2.21. The minimum Gasteiger partial charge on any atom is -0.497 e. The first-order valence-corrected chi connectivity index (χ1v) is 7.97. The quantitative estimate of drug-likeness (QED) is 0.776. The zero-order chi connectivity index (χ0) is 17.8. The third-order valence-corrected chi connectivity index (χ3v) is 4.26. The number of hydrogen-bond donors (Lipinski definition) is 1. The molecule has 6 nitrogen and oxygen atoms in total. The molecule has 2 aromatic heterocycles. The third-order valence-electron chi connectivity index (χ3n) is 4.26. The van der Waals surface area contributed by atoms with Crippen LogP contribution in [0.15, 0.2) is 54.9 Å². The second kappa shape index (κ2) is 7.17. The molecule has 0 saturated carbocycles. The van der Waals surface area contributed by atoms with Crippen molar-refractivity contribution < 1.29 is 9.53 Å². The largest absolute Gasteiger partial charge is 0.497 e. The molecule has 0 saturated heterocycles. The first-order chi connectivity index (χ1) is 12.1. The van der Waals surface area contributed by atoms with Gasteiger partial charge in [0.15, 0.2) is 0 Å². The number of hydrogen-bond acceptors (Lipinski definition) is 4. The molecule has 1 atom stereocenters. The molecule has 1 aromatic carbocycles. The van der Waals surface area contributed by atoms with Gasteiger partial charge in [0, 0.05) is 25.0 Å². The van der Waals surface area contributed by atoms with Gasteiger partial charge in [0.05, 0.1) is 18.8 Å². The lowest BCUT2D eigenvalue weighted by Crippen LogP contribution is -2.30. The summed E-state index contributed by atoms with van der Waals surface area (Å²) in [7, 11) is 3.40. The van der Waals surface area contributed by atoms with E-state index in [9.17, 15) is 4.79 Å². The summed E-state index contributed by atoms with van der Waals surface area (Å²) >= 11 is 0. The summed E-state index contributed by atoms with van der Waals surface area (Å²) < 4.78 is 5.15. The van der Waals surface area contributed by atoms with Crippen LogP contribution in [0, 0.1) is 0 Å². The average molecular weight is 336 g/mol. The summed E-state index contributed by atoms with van der Waals surface area (Å²) in [6.07, 6.45) is 3.48. The number of aromatic amines is 1. The molecular weight excluding hydrogens is 316 g/mol. The molecule has 25 heavy (non-hydrogen) atoms. The Labute approximate surface area is 146 Å². The van der Waals surface area contributed by atoms with Gasteiger partial charge < -0.3 is 9.64 Å². The fourth-order valence-corrected chi connectivity index (χ4v) is 2.55. The van der Waals surface area contributed by atoms with E-state index in [1.54, 1.807) is 37.5 Å². The number of carbonyl (C=O) groups is 1. The van der Waals surface area contributed by atoms with E-state index in [4.69, 9.17) is 4.74 Å². The SMILES string of the molecule is COc1ccc(-c2cc(C(=O)N(C)C(C)c3cccnc3)[nH]n2)cc1. The van der Waals surface area contributed by atoms with Crippen molar-refractivity contribution in [3.05, 3.63) is 66.1 Å². The fourth-order valence-electron chi connectivity index (χ4n) is 2.55. The number of nitrogens with one attached hydrogen (secondary N) is 1. The molecule has 6 heteroatoms. The molecule has 0 fully saturated rings. The van der Waals surface area contributed by atoms with Gasteiger partial charge in [0.2, 0.25) is 0 Å². The Balaban J connectivity index is 1.77. The molecule has 1 N–H and O–H groups in total. The Morgan fingerprint density at radius 3 is 2.64 bits per heavy atom. The monoisotopic (exact) mass is 336 g/mol. The minimum absolute atomic E-state index is 0.0889. The van der Waals surface area contributed by atoms with Gasteiger partial charge in [0.25, 0.3) is 5.91 Å². The van der Waals surface area contributed by atoms with Crippen LogP contribution in [0.4, 0.5) is 0 Å². The highest BCUT2D eigenvalue weighted by atomic mass is 16.5. The molecule has 1 amide bonds. The number of amides is 1. The number of methoxy groups -OCH3 is 1. The van der Waals surface area contributed by atoms with E-state index < -0.39 is 0 Å². The average Bonchev–Trinajstić information content (AvgIpc) is 3.17. The lowest BCUT2D eigenvalue weighted by atomic mass is 10.1. The Morgan fingerprint density at radius 1 is 1.24 bits per heavy atom. The van der Waals surface area contributed by atoms with Gasteiger partial charge in [-0.3, -0.25) is 14.9 Å². The Morgan fingerprint density at radius 2 is 2.00 bits per heavy atom. The number of pyridine rings is 1. The number of H-pyrrole nitrogens is 1. The van der Waals surface area contributed by atoms with E-state index in [1.807, 2.05) is 43.3 Å². The first-order valence-electron chi connectivity index (χ1n) is 7.97. The predicted octanol–water partition coefficient (Wildman–Crippen LogP) is 3.31. The van der Waals surface area contributed by atoms with Crippen molar-refractivity contribution >= 4 is 5.91 Å². The highest BCUT2D eigenvalue weighted by Crippen LogP contribution is 2.23. The predicted molar refractivity (Wildman–Crippen MR) is 95.3 cm³/mol. The van der Waals surface area contributed by atoms with Crippen LogP contribution in [0.2, 0.25) is 0 Å². The summed E-state index contributed by atoms with van der Waals surface area (Å²) in [5, 5.41) is 7.08. The van der Waals surface area contributed by atoms with Gasteiger partial charge in [-0.05, 0) is 48.9 Å². The maximum atomic E-state index is 12.7. The van der Waals surface area contributed by atoms with Gasteiger partial charge in [0.1, 0.15) is 11.4 Å². The third kappa shape index (κ3) is 3.52. The van der Waals surface area contributed by atoms with Gasteiger partial charge in [-0.2, -0.15) is 5.10 Å². The number of nitrogens with zero attached hydrogens (tertiary/aromatic N) is 3. The second-order valence-electron chi connectivity index (χ2n) is 5.77. The lowest BCUT2D eigenvalue weighted by Gasteiger charge is -2.24. The summed E-state index contributed by atoms with van der Waals surface area (Å²) in [4.78, 5) is 18.5. The molecule has 2 heterocycles. The number of ether oxygens (including phenoxy) is 1. The topological polar surface area (TPSA) is 71.1 Å². The Kier molecular flexibility index (Phi) is 4.79. The summed E-state index contributed by atoms with van der Waals surface area (Å²) in [5.74, 6) is 0.657. The standard InChI is InChI=1S/C19H20N4O2/c1-13(15-5-4-10-20-12-15)23(2)19(24)18-11-17(21-22-18)14-6-8-16(25-3)9-7-14/h4-13H,1-3H3,(H,21,22). The molecule has 0 aliphatic rings. The van der Waals surface area contributed by atoms with Crippen molar-refractivity contribution in [2.24, 2.45) is 0 Å². The normalized spacial score (nSPS) is 11.8. The molecular formula is C19H20N4O2. The minimum atomic E-state index is -0.122. The molecule has 0 spiro atoms. The highest BCUT2D eigenvalue weighted by molar-refractivity contribution is 5.93. The Bertz CT molecular complexity index is 843. The van der Waals surface area contributed by atoms with E-state index in [0.717, 1.165) is 16.9 Å². The van der Waals surface area contributed by atoms with Crippen LogP contribution in [-0.2, 0) is 0 Å². The van der Waals surface area contributed by atoms with E-state index in [-0.39, 0.29) is 11.9 Å². The summed E-state index contributed by atoms with van der Waals surface area (Å²) in [6.45, 7) is 1.97. The molecule has 3 aromatic rings. The van der Waals surface area contributed by atoms with E-state index in [1.165, 1.54) is 0 Å². The van der Waals surface area contributed by atoms with Crippen LogP contribution in [0.1, 0.15) is 29.0 Å². The van der Waals surface area contributed by atoms with Crippen LogP contribution in [0.3, 0.4) is 0 Å². The maximum absolute atomic E-state index is 12.7. The first kappa shape index (κ1) is 16.7. The van der Waals surface area contributed by atoms with Gasteiger partial charge in [-0.1, -0.05) is 6.07 Å². The molecule has 0 aliphatic heterocycles. The molecule has 0 bridgehead atoms. The summed E-state index contributed by atoms with van der Waals surface area (Å²) in [5.41, 5.74) is 3.06. The second-order valence-corrected chi connectivity index (χ2v) is 5.77. The van der Waals surface area contributed by atoms with Crippen molar-refractivity contribution in [1.82, 2.24) is 20.1 Å². The molecule has 0 radical (unpaired) electrons. The fraction of sp³-hybridized carbons (Fsp3) is 0.211. The van der Waals surface area contributed by atoms with Gasteiger partial charge in [-0.25, -0.2) is 0 Å². The van der Waals surface area contributed by atoms with Crippen molar-refractivity contribution in [3.8, 4) is 17.0 Å². The number of carbonyl (C=O) groups excluding carboxylic acids is 1. The number of benzene rings is 1. The molecule has 1 unspecified atom stereocenters. The van der Waals surface area contributed by atoms with Crippen molar-refractivity contribution in [1.29, 1.82) is 0 Å². The van der Waals surface area contributed by atoms with Crippen LogP contribution in [-0.4, -0.2) is 40.1 Å². The smallest absolute Gasteiger partial charge is 0.272 e. The summed E-state index contributed by atoms with van der Waals surface area (Å²) in [6, 6.07) is 13.0. The van der Waals surface area contributed by atoms with Crippen LogP contribution < -0.4 is 4.74 Å². The Hall–Kier alpha value is -3.15. The molecule has 128 valence electrons. The number of aromatic nitrogens is 3. The van der Waals surface area contributed by atoms with Crippen LogP contribution in [0.5, 0.6) is 5.75 Å². The van der Waals surface area contributed by atoms with E-state index in [0.29, 0.717) is 11.4 Å². The lowest BCUT2D eigenvalue weighted by molar-refractivity contribution is 0.0736. The molecule has 3 rings (SSSR count). The molecule has 0 aliphatic carbocycles. The zero-order valence-corrected chi connectivity index (χ0v) is 14.4. The van der Waals surface area contributed by atoms with Crippen LogP contribution in [0.25, 0.3) is 11.3 Å². The van der Waals surface area contributed by atoms with Gasteiger partial charge in [-0.15, -0.1) is 0 Å². The number of rotatable bonds is 5. The van der Waals surface area contributed by atoms with Crippen LogP contribution >= 0.6 is 0 Å². The van der Waals surface area contributed by atoms with Gasteiger partial charge >= 0.3 is 0 Å².